The lowest BCUT2D eigenvalue weighted by molar-refractivity contribution is -0.161. The molecule has 0 saturated heterocycles. The van der Waals surface area contributed by atoms with Crippen molar-refractivity contribution in [3.63, 3.8) is 0 Å². The van der Waals surface area contributed by atoms with Gasteiger partial charge in [0.1, 0.15) is 6.61 Å². The van der Waals surface area contributed by atoms with E-state index in [1.165, 1.54) is 57.8 Å². The third kappa shape index (κ3) is 36.7. The first kappa shape index (κ1) is 45.0. The van der Waals surface area contributed by atoms with Crippen molar-refractivity contribution in [1.82, 2.24) is 0 Å². The predicted octanol–water partition coefficient (Wildman–Crippen LogP) is 10.8. The fraction of sp³-hybridized carbons (Fsp3) is 0.737. The number of hydrogen-bond donors (Lipinski definition) is 2. The minimum Gasteiger partial charge on any atom is -0.462 e. The molecular formula is C38H67O8P. The summed E-state index contributed by atoms with van der Waals surface area (Å²) in [5, 5.41) is 0. The number of allylic oxidation sites excluding steroid dienone is 8. The summed E-state index contributed by atoms with van der Waals surface area (Å²) in [6, 6.07) is 0. The van der Waals surface area contributed by atoms with Crippen molar-refractivity contribution in [2.45, 2.75) is 168 Å². The topological polar surface area (TPSA) is 119 Å². The zero-order valence-corrected chi connectivity index (χ0v) is 30.6. The van der Waals surface area contributed by atoms with Crippen LogP contribution in [0.1, 0.15) is 162 Å². The summed E-state index contributed by atoms with van der Waals surface area (Å²) in [5.41, 5.74) is 0. The second kappa shape index (κ2) is 33.9. The van der Waals surface area contributed by atoms with Gasteiger partial charge in [0.05, 0.1) is 6.61 Å². The van der Waals surface area contributed by atoms with Crippen LogP contribution >= 0.6 is 7.82 Å². The van der Waals surface area contributed by atoms with Crippen molar-refractivity contribution in [3.05, 3.63) is 48.6 Å². The average Bonchev–Trinajstić information content (AvgIpc) is 3.04. The highest BCUT2D eigenvalue weighted by Gasteiger charge is 2.22. The zero-order valence-electron chi connectivity index (χ0n) is 29.7. The summed E-state index contributed by atoms with van der Waals surface area (Å²) in [7, 11) is -4.75. The number of ether oxygens (including phenoxy) is 2. The van der Waals surface area contributed by atoms with Crippen LogP contribution in [0.15, 0.2) is 48.6 Å². The molecule has 272 valence electrons. The van der Waals surface area contributed by atoms with Crippen LogP contribution in [0.25, 0.3) is 0 Å². The maximum atomic E-state index is 12.3. The highest BCUT2D eigenvalue weighted by molar-refractivity contribution is 7.46. The smallest absolute Gasteiger partial charge is 0.462 e. The van der Waals surface area contributed by atoms with Gasteiger partial charge in [0, 0.05) is 12.8 Å². The Balaban J connectivity index is 3.92. The van der Waals surface area contributed by atoms with Gasteiger partial charge in [-0.05, 0) is 51.4 Å². The summed E-state index contributed by atoms with van der Waals surface area (Å²) in [6.45, 7) is 3.51. The van der Waals surface area contributed by atoms with E-state index in [1.807, 2.05) is 0 Å². The normalized spacial score (nSPS) is 13.0. The molecule has 2 N–H and O–H groups in total. The molecular weight excluding hydrogens is 615 g/mol. The Hall–Kier alpha value is -1.99. The Morgan fingerprint density at radius 3 is 1.53 bits per heavy atom. The van der Waals surface area contributed by atoms with Crippen LogP contribution in [0.5, 0.6) is 0 Å². The molecule has 47 heavy (non-hydrogen) atoms. The first-order valence-electron chi connectivity index (χ1n) is 18.4. The summed E-state index contributed by atoms with van der Waals surface area (Å²) in [4.78, 5) is 42.5. The maximum Gasteiger partial charge on any atom is 0.469 e. The molecule has 0 spiro atoms. The number of carbonyl (C=O) groups is 2. The van der Waals surface area contributed by atoms with Crippen molar-refractivity contribution in [1.29, 1.82) is 0 Å². The van der Waals surface area contributed by atoms with Crippen molar-refractivity contribution >= 4 is 19.8 Å². The van der Waals surface area contributed by atoms with E-state index in [0.29, 0.717) is 6.42 Å². The third-order valence-corrected chi connectivity index (χ3v) is 8.10. The summed E-state index contributed by atoms with van der Waals surface area (Å²) >= 11 is 0. The van der Waals surface area contributed by atoms with Crippen LogP contribution in [0.3, 0.4) is 0 Å². The number of rotatable bonds is 33. The maximum absolute atomic E-state index is 12.3. The summed E-state index contributed by atoms with van der Waals surface area (Å²) < 4.78 is 26.2. The number of phosphoric ester groups is 1. The highest BCUT2D eigenvalue weighted by Crippen LogP contribution is 2.36. The van der Waals surface area contributed by atoms with Crippen LogP contribution in [0.4, 0.5) is 0 Å². The monoisotopic (exact) mass is 682 g/mol. The second-order valence-electron chi connectivity index (χ2n) is 12.2. The first-order chi connectivity index (χ1) is 22.8. The molecule has 0 aromatic heterocycles. The first-order valence-corrected chi connectivity index (χ1v) is 20.0. The molecule has 1 unspecified atom stereocenters. The molecule has 0 amide bonds. The van der Waals surface area contributed by atoms with Gasteiger partial charge in [-0.25, -0.2) is 4.57 Å². The Kier molecular flexibility index (Phi) is 32.5. The van der Waals surface area contributed by atoms with Crippen LogP contribution in [-0.2, 0) is 28.2 Å². The number of hydrogen-bond acceptors (Lipinski definition) is 6. The molecule has 8 nitrogen and oxygen atoms in total. The zero-order chi connectivity index (χ0) is 34.7. The second-order valence-corrected chi connectivity index (χ2v) is 13.4. The van der Waals surface area contributed by atoms with Crippen LogP contribution in [-0.4, -0.2) is 41.0 Å². The fourth-order valence-electron chi connectivity index (χ4n) is 4.89. The predicted molar refractivity (Wildman–Crippen MR) is 193 cm³/mol. The molecule has 0 aliphatic heterocycles. The molecule has 0 rings (SSSR count). The minimum absolute atomic E-state index is 0.202. The standard InChI is InChI=1S/C38H67O8P/c1-3-5-7-9-11-13-14-15-16-17-18-19-20-21-22-23-24-25-27-29-31-33-38(40)46-36(35-45-47(41,42)43)34-44-37(39)32-30-28-26-12-10-8-6-4-2/h5,7,11,13,15-16,18-19,36H,3-4,6,8-10,12,14,17,20-35H2,1-2H3,(H2,41,42,43)/b7-5-,13-11-,16-15-,19-18-. The molecule has 0 bridgehead atoms. The molecule has 9 heteroatoms. The number of esters is 2. The lowest BCUT2D eigenvalue weighted by atomic mass is 10.1. The molecule has 0 aromatic rings. The van der Waals surface area contributed by atoms with E-state index in [0.717, 1.165) is 70.6 Å². The molecule has 0 fully saturated rings. The molecule has 0 saturated carbocycles. The molecule has 0 aliphatic rings. The Morgan fingerprint density at radius 2 is 1.02 bits per heavy atom. The average molecular weight is 683 g/mol. The summed E-state index contributed by atoms with van der Waals surface area (Å²) in [6.07, 6.45) is 39.9. The lowest BCUT2D eigenvalue weighted by Crippen LogP contribution is -2.29. The number of phosphoric acid groups is 1. The van der Waals surface area contributed by atoms with E-state index in [1.54, 1.807) is 0 Å². The fourth-order valence-corrected chi connectivity index (χ4v) is 5.25. The molecule has 1 atom stereocenters. The van der Waals surface area contributed by atoms with E-state index in [9.17, 15) is 14.2 Å². The Labute approximate surface area is 286 Å². The van der Waals surface area contributed by atoms with Gasteiger partial charge in [-0.1, -0.05) is 146 Å². The molecule has 0 radical (unpaired) electrons. The summed E-state index contributed by atoms with van der Waals surface area (Å²) in [5.74, 6) is -0.901. The Bertz CT molecular complexity index is 905. The van der Waals surface area contributed by atoms with Gasteiger partial charge < -0.3 is 19.3 Å². The van der Waals surface area contributed by atoms with Crippen molar-refractivity contribution in [2.24, 2.45) is 0 Å². The molecule has 0 aromatic carbocycles. The Morgan fingerprint density at radius 1 is 0.574 bits per heavy atom. The van der Waals surface area contributed by atoms with Gasteiger partial charge in [-0.2, -0.15) is 0 Å². The van der Waals surface area contributed by atoms with Crippen LogP contribution in [0.2, 0.25) is 0 Å². The van der Waals surface area contributed by atoms with Gasteiger partial charge in [-0.3, -0.25) is 14.1 Å². The van der Waals surface area contributed by atoms with Gasteiger partial charge in [0.25, 0.3) is 0 Å². The largest absolute Gasteiger partial charge is 0.469 e. The van der Waals surface area contributed by atoms with Gasteiger partial charge in [0.2, 0.25) is 0 Å². The number of unbranched alkanes of at least 4 members (excludes halogenated alkanes) is 15. The minimum atomic E-state index is -4.75. The van der Waals surface area contributed by atoms with Gasteiger partial charge in [-0.15, -0.1) is 0 Å². The van der Waals surface area contributed by atoms with E-state index < -0.39 is 32.5 Å². The van der Waals surface area contributed by atoms with Crippen LogP contribution in [0, 0.1) is 0 Å². The van der Waals surface area contributed by atoms with E-state index in [-0.39, 0.29) is 19.4 Å². The highest BCUT2D eigenvalue weighted by atomic mass is 31.2. The van der Waals surface area contributed by atoms with E-state index >= 15 is 0 Å². The molecule has 0 heterocycles. The van der Waals surface area contributed by atoms with E-state index in [2.05, 4.69) is 67.0 Å². The number of carbonyl (C=O) groups excluding carboxylic acids is 2. The molecule has 0 aliphatic carbocycles. The lowest BCUT2D eigenvalue weighted by Gasteiger charge is -2.18. The van der Waals surface area contributed by atoms with Crippen molar-refractivity contribution < 1.29 is 37.9 Å². The van der Waals surface area contributed by atoms with Crippen molar-refractivity contribution in [3.8, 4) is 0 Å². The van der Waals surface area contributed by atoms with Gasteiger partial charge in [0.15, 0.2) is 6.10 Å². The third-order valence-electron chi connectivity index (χ3n) is 7.61. The van der Waals surface area contributed by atoms with E-state index in [4.69, 9.17) is 19.3 Å². The quantitative estimate of drug-likeness (QED) is 0.0304. The van der Waals surface area contributed by atoms with Crippen LogP contribution < -0.4 is 0 Å². The van der Waals surface area contributed by atoms with Crippen molar-refractivity contribution in [2.75, 3.05) is 13.2 Å². The SMILES string of the molecule is CC/C=C\C/C=C\C/C=C\C/C=C\CCCCCCCCCCC(=O)OC(COC(=O)CCCCCCCCCC)COP(=O)(O)O. The van der Waals surface area contributed by atoms with Gasteiger partial charge >= 0.3 is 19.8 Å².